The second kappa shape index (κ2) is 6.88. The molecule has 1 aromatic carbocycles. The molecule has 0 saturated carbocycles. The van der Waals surface area contributed by atoms with Gasteiger partial charge in [-0.3, -0.25) is 14.8 Å². The number of amides is 1. The number of carbonyl (C=O) groups is 1. The van der Waals surface area contributed by atoms with E-state index in [1.807, 2.05) is 44.5 Å². The molecule has 0 bridgehead atoms. The molecule has 2 aromatic heterocycles. The molecule has 7 nitrogen and oxygen atoms in total. The number of nitrogens with one attached hydrogen (secondary N) is 1. The van der Waals surface area contributed by atoms with Crippen LogP contribution in [-0.4, -0.2) is 32.1 Å². The van der Waals surface area contributed by atoms with Crippen molar-refractivity contribution in [3.63, 3.8) is 0 Å². The van der Waals surface area contributed by atoms with Crippen LogP contribution in [0.4, 0.5) is 6.01 Å². The molecule has 0 aliphatic carbocycles. The number of benzene rings is 1. The lowest BCUT2D eigenvalue weighted by atomic mass is 10.2. The fourth-order valence-corrected chi connectivity index (χ4v) is 2.51. The van der Waals surface area contributed by atoms with Gasteiger partial charge < -0.3 is 4.42 Å². The van der Waals surface area contributed by atoms with Crippen molar-refractivity contribution < 1.29 is 9.21 Å². The Morgan fingerprint density at radius 1 is 1.29 bits per heavy atom. The SMILES string of the molecule is CSc1cccc(C(=O)Nc2nnc(-c3ccn(C(C)C)n3)o2)c1. The van der Waals surface area contributed by atoms with Crippen molar-refractivity contribution in [1.29, 1.82) is 0 Å². The second-order valence-corrected chi connectivity index (χ2v) is 6.25. The van der Waals surface area contributed by atoms with Crippen LogP contribution < -0.4 is 5.32 Å². The lowest BCUT2D eigenvalue weighted by Gasteiger charge is -2.03. The molecule has 0 radical (unpaired) electrons. The van der Waals surface area contributed by atoms with Crippen LogP contribution in [0.5, 0.6) is 0 Å². The van der Waals surface area contributed by atoms with Crippen LogP contribution in [0, 0.1) is 0 Å². The van der Waals surface area contributed by atoms with E-state index in [1.54, 1.807) is 28.6 Å². The van der Waals surface area contributed by atoms with Gasteiger partial charge in [-0.25, -0.2) is 0 Å². The maximum Gasteiger partial charge on any atom is 0.322 e. The minimum Gasteiger partial charge on any atom is -0.401 e. The standard InChI is InChI=1S/C16H17N5O2S/c1-10(2)21-8-7-13(20-21)15-18-19-16(23-15)17-14(22)11-5-4-6-12(9-11)24-3/h4-10H,1-3H3,(H,17,19,22). The number of aromatic nitrogens is 4. The van der Waals surface area contributed by atoms with Crippen molar-refractivity contribution in [2.45, 2.75) is 24.8 Å². The number of hydrogen-bond acceptors (Lipinski definition) is 6. The van der Waals surface area contributed by atoms with Crippen LogP contribution in [0.3, 0.4) is 0 Å². The summed E-state index contributed by atoms with van der Waals surface area (Å²) in [7, 11) is 0. The van der Waals surface area contributed by atoms with Gasteiger partial charge >= 0.3 is 6.01 Å². The van der Waals surface area contributed by atoms with Crippen LogP contribution >= 0.6 is 11.8 Å². The summed E-state index contributed by atoms with van der Waals surface area (Å²) in [5, 5.41) is 14.7. The Morgan fingerprint density at radius 2 is 2.12 bits per heavy atom. The summed E-state index contributed by atoms with van der Waals surface area (Å²) in [4.78, 5) is 13.3. The molecule has 24 heavy (non-hydrogen) atoms. The Balaban J connectivity index is 1.74. The van der Waals surface area contributed by atoms with E-state index in [9.17, 15) is 4.79 Å². The maximum absolute atomic E-state index is 12.3. The number of hydrogen-bond donors (Lipinski definition) is 1. The molecule has 3 aromatic rings. The van der Waals surface area contributed by atoms with Crippen LogP contribution in [0.15, 0.2) is 45.8 Å². The molecule has 0 aliphatic heterocycles. The normalized spacial score (nSPS) is 11.0. The van der Waals surface area contributed by atoms with Gasteiger partial charge in [0.25, 0.3) is 11.8 Å². The van der Waals surface area contributed by atoms with E-state index >= 15 is 0 Å². The fourth-order valence-electron chi connectivity index (χ4n) is 2.05. The van der Waals surface area contributed by atoms with Crippen molar-refractivity contribution in [1.82, 2.24) is 20.0 Å². The highest BCUT2D eigenvalue weighted by Crippen LogP contribution is 2.20. The monoisotopic (exact) mass is 343 g/mol. The average Bonchev–Trinajstić information content (AvgIpc) is 3.24. The molecule has 0 aliphatic rings. The summed E-state index contributed by atoms with van der Waals surface area (Å²) >= 11 is 1.57. The summed E-state index contributed by atoms with van der Waals surface area (Å²) in [5.74, 6) is -0.0311. The molecule has 1 amide bonds. The first-order chi connectivity index (χ1) is 11.6. The van der Waals surface area contributed by atoms with Crippen molar-refractivity contribution in [2.24, 2.45) is 0 Å². The zero-order valence-electron chi connectivity index (χ0n) is 13.6. The van der Waals surface area contributed by atoms with E-state index in [0.29, 0.717) is 11.3 Å². The number of thioether (sulfide) groups is 1. The zero-order valence-corrected chi connectivity index (χ0v) is 14.4. The molecule has 8 heteroatoms. The van der Waals surface area contributed by atoms with Crippen LogP contribution in [0.2, 0.25) is 0 Å². The van der Waals surface area contributed by atoms with Gasteiger partial charge in [-0.2, -0.15) is 5.10 Å². The van der Waals surface area contributed by atoms with E-state index in [4.69, 9.17) is 4.42 Å². The van der Waals surface area contributed by atoms with Crippen molar-refractivity contribution in [2.75, 3.05) is 11.6 Å². The Labute approximate surface area is 143 Å². The number of rotatable bonds is 5. The van der Waals surface area contributed by atoms with Gasteiger partial charge in [0.15, 0.2) is 0 Å². The molecule has 0 atom stereocenters. The fraction of sp³-hybridized carbons (Fsp3) is 0.250. The van der Waals surface area contributed by atoms with Gasteiger partial charge in [0.05, 0.1) is 0 Å². The number of nitrogens with zero attached hydrogens (tertiary/aromatic N) is 4. The van der Waals surface area contributed by atoms with Gasteiger partial charge in [0, 0.05) is 22.7 Å². The predicted octanol–water partition coefficient (Wildman–Crippen LogP) is 3.49. The maximum atomic E-state index is 12.3. The smallest absolute Gasteiger partial charge is 0.322 e. The van der Waals surface area contributed by atoms with Crippen molar-refractivity contribution >= 4 is 23.7 Å². The van der Waals surface area contributed by atoms with Gasteiger partial charge in [0.1, 0.15) is 5.69 Å². The summed E-state index contributed by atoms with van der Waals surface area (Å²) in [5.41, 5.74) is 1.10. The Kier molecular flexibility index (Phi) is 4.66. The van der Waals surface area contributed by atoms with Crippen LogP contribution in [0.1, 0.15) is 30.2 Å². The summed E-state index contributed by atoms with van der Waals surface area (Å²) in [6.45, 7) is 4.05. The third-order valence-electron chi connectivity index (χ3n) is 3.33. The lowest BCUT2D eigenvalue weighted by Crippen LogP contribution is -2.12. The molecule has 0 unspecified atom stereocenters. The molecule has 3 rings (SSSR count). The molecular formula is C16H17N5O2S. The van der Waals surface area contributed by atoms with Crippen LogP contribution in [0.25, 0.3) is 11.6 Å². The Morgan fingerprint density at radius 3 is 2.83 bits per heavy atom. The highest BCUT2D eigenvalue weighted by Gasteiger charge is 2.15. The van der Waals surface area contributed by atoms with Gasteiger partial charge in [-0.15, -0.1) is 16.9 Å². The third-order valence-corrected chi connectivity index (χ3v) is 4.06. The van der Waals surface area contributed by atoms with E-state index in [-0.39, 0.29) is 23.9 Å². The van der Waals surface area contributed by atoms with E-state index in [2.05, 4.69) is 20.6 Å². The van der Waals surface area contributed by atoms with E-state index in [0.717, 1.165) is 4.90 Å². The van der Waals surface area contributed by atoms with Gasteiger partial charge in [0.2, 0.25) is 0 Å². The Hall–Kier alpha value is -2.61. The average molecular weight is 343 g/mol. The predicted molar refractivity (Wildman–Crippen MR) is 92.1 cm³/mol. The molecule has 0 spiro atoms. The minimum atomic E-state index is -0.297. The first-order valence-electron chi connectivity index (χ1n) is 7.41. The second-order valence-electron chi connectivity index (χ2n) is 5.37. The summed E-state index contributed by atoms with van der Waals surface area (Å²) in [6.07, 6.45) is 3.80. The van der Waals surface area contributed by atoms with Crippen LogP contribution in [-0.2, 0) is 0 Å². The quantitative estimate of drug-likeness (QED) is 0.714. The lowest BCUT2D eigenvalue weighted by molar-refractivity contribution is 0.102. The molecule has 0 fully saturated rings. The largest absolute Gasteiger partial charge is 0.401 e. The summed E-state index contributed by atoms with van der Waals surface area (Å²) in [6, 6.07) is 9.39. The molecule has 124 valence electrons. The Bertz CT molecular complexity index is 856. The van der Waals surface area contributed by atoms with Crippen molar-refractivity contribution in [3.05, 3.63) is 42.1 Å². The zero-order chi connectivity index (χ0) is 17.1. The van der Waals surface area contributed by atoms with Crippen molar-refractivity contribution in [3.8, 4) is 11.6 Å². The van der Waals surface area contributed by atoms with E-state index < -0.39 is 0 Å². The summed E-state index contributed by atoms with van der Waals surface area (Å²) < 4.78 is 7.27. The van der Waals surface area contributed by atoms with E-state index in [1.165, 1.54) is 0 Å². The third kappa shape index (κ3) is 3.48. The minimum absolute atomic E-state index is 0.0450. The first kappa shape index (κ1) is 16.3. The topological polar surface area (TPSA) is 85.8 Å². The number of carbonyl (C=O) groups excluding carboxylic acids is 1. The highest BCUT2D eigenvalue weighted by atomic mass is 32.2. The molecular weight excluding hydrogens is 326 g/mol. The first-order valence-corrected chi connectivity index (χ1v) is 8.63. The highest BCUT2D eigenvalue weighted by molar-refractivity contribution is 7.98. The number of anilines is 1. The molecule has 2 heterocycles. The van der Waals surface area contributed by atoms with Gasteiger partial charge in [-0.1, -0.05) is 11.2 Å². The van der Waals surface area contributed by atoms with Gasteiger partial charge in [-0.05, 0) is 44.4 Å². The molecule has 0 saturated heterocycles. The molecule has 1 N–H and O–H groups in total.